The molecule has 1 rings (SSSR count). The number of rotatable bonds is 3. The summed E-state index contributed by atoms with van der Waals surface area (Å²) >= 11 is 0. The first-order chi connectivity index (χ1) is 6.15. The molecule has 0 radical (unpaired) electrons. The van der Waals surface area contributed by atoms with Gasteiger partial charge in [0.05, 0.1) is 0 Å². The summed E-state index contributed by atoms with van der Waals surface area (Å²) in [4.78, 5) is 0. The van der Waals surface area contributed by atoms with E-state index in [2.05, 4.69) is 32.9 Å². The van der Waals surface area contributed by atoms with Crippen molar-refractivity contribution in [2.75, 3.05) is 5.73 Å². The topological polar surface area (TPSA) is 26.0 Å². The van der Waals surface area contributed by atoms with Gasteiger partial charge in [-0.1, -0.05) is 26.3 Å². The third kappa shape index (κ3) is 2.48. The van der Waals surface area contributed by atoms with Crippen LogP contribution in [0.2, 0.25) is 0 Å². The number of benzene rings is 1. The molecule has 1 heteroatoms. The molecule has 0 saturated heterocycles. The Labute approximate surface area is 81.0 Å². The molecule has 1 aromatic carbocycles. The number of nitrogens with two attached hydrogens (primary N) is 1. The zero-order valence-electron chi connectivity index (χ0n) is 8.80. The molecule has 0 amide bonds. The third-order valence-corrected chi connectivity index (χ3v) is 2.56. The van der Waals surface area contributed by atoms with Gasteiger partial charge in [-0.05, 0) is 42.5 Å². The van der Waals surface area contributed by atoms with E-state index in [0.29, 0.717) is 5.92 Å². The molecule has 1 nitrogen and oxygen atoms in total. The van der Waals surface area contributed by atoms with Gasteiger partial charge >= 0.3 is 0 Å². The number of hydrogen-bond acceptors (Lipinski definition) is 1. The molecule has 0 heterocycles. The predicted octanol–water partition coefficient (Wildman–Crippen LogP) is 3.48. The van der Waals surface area contributed by atoms with Crippen LogP contribution in [0.25, 0.3) is 0 Å². The fraction of sp³-hybridized carbons (Fsp3) is 0.500. The molecule has 1 unspecified atom stereocenters. The Morgan fingerprint density at radius 2 is 2.08 bits per heavy atom. The van der Waals surface area contributed by atoms with Gasteiger partial charge in [0.15, 0.2) is 0 Å². The van der Waals surface area contributed by atoms with Gasteiger partial charge < -0.3 is 5.73 Å². The molecule has 0 aromatic heterocycles. The lowest BCUT2D eigenvalue weighted by atomic mass is 9.92. The summed E-state index contributed by atoms with van der Waals surface area (Å²) in [5.41, 5.74) is 9.40. The number of hydrogen-bond donors (Lipinski definition) is 1. The number of aryl methyl sites for hydroxylation is 1. The molecule has 0 bridgehead atoms. The van der Waals surface area contributed by atoms with Gasteiger partial charge in [-0.2, -0.15) is 0 Å². The van der Waals surface area contributed by atoms with Crippen LogP contribution in [0.3, 0.4) is 0 Å². The van der Waals surface area contributed by atoms with E-state index in [1.54, 1.807) is 0 Å². The van der Waals surface area contributed by atoms with Crippen molar-refractivity contribution in [3.8, 4) is 0 Å². The normalized spacial score (nSPS) is 12.8. The molecule has 0 spiro atoms. The van der Waals surface area contributed by atoms with E-state index in [1.165, 1.54) is 24.0 Å². The summed E-state index contributed by atoms with van der Waals surface area (Å²) < 4.78 is 0. The van der Waals surface area contributed by atoms with E-state index < -0.39 is 0 Å². The molecule has 13 heavy (non-hydrogen) atoms. The first kappa shape index (κ1) is 10.1. The summed E-state index contributed by atoms with van der Waals surface area (Å²) in [5.74, 6) is 0.633. The fourth-order valence-electron chi connectivity index (χ4n) is 1.78. The summed E-state index contributed by atoms with van der Waals surface area (Å²) in [7, 11) is 0. The fourth-order valence-corrected chi connectivity index (χ4v) is 1.78. The first-order valence-corrected chi connectivity index (χ1v) is 5.01. The van der Waals surface area contributed by atoms with Crippen molar-refractivity contribution < 1.29 is 0 Å². The lowest BCUT2D eigenvalue weighted by molar-refractivity contribution is 0.662. The molecular weight excluding hydrogens is 158 g/mol. The molecule has 0 aliphatic carbocycles. The monoisotopic (exact) mass is 177 g/mol. The zero-order valence-corrected chi connectivity index (χ0v) is 8.80. The minimum atomic E-state index is 0.633. The minimum Gasteiger partial charge on any atom is -0.399 e. The van der Waals surface area contributed by atoms with Crippen LogP contribution in [-0.4, -0.2) is 0 Å². The molecule has 1 aromatic rings. The Hall–Kier alpha value is -0.980. The smallest absolute Gasteiger partial charge is 0.0317 e. The van der Waals surface area contributed by atoms with Crippen molar-refractivity contribution in [1.82, 2.24) is 0 Å². The van der Waals surface area contributed by atoms with Gasteiger partial charge in [-0.15, -0.1) is 0 Å². The standard InChI is InChI=1S/C12H19N/c1-4-5-9(2)12-8-11(13)7-6-10(12)3/h6-9H,4-5,13H2,1-3H3. The SMILES string of the molecule is CCCC(C)c1cc(N)ccc1C. The average molecular weight is 177 g/mol. The van der Waals surface area contributed by atoms with Crippen molar-refractivity contribution in [2.24, 2.45) is 0 Å². The minimum absolute atomic E-state index is 0.633. The van der Waals surface area contributed by atoms with Crippen LogP contribution in [0.1, 0.15) is 43.7 Å². The molecule has 0 saturated carbocycles. The lowest BCUT2D eigenvalue weighted by Crippen LogP contribution is -1.98. The molecule has 2 N–H and O–H groups in total. The third-order valence-electron chi connectivity index (χ3n) is 2.56. The zero-order chi connectivity index (χ0) is 9.84. The average Bonchev–Trinajstić information content (AvgIpc) is 2.09. The van der Waals surface area contributed by atoms with Crippen molar-refractivity contribution >= 4 is 5.69 Å². The van der Waals surface area contributed by atoms with Crippen molar-refractivity contribution in [2.45, 2.75) is 39.5 Å². The van der Waals surface area contributed by atoms with Gasteiger partial charge in [-0.3, -0.25) is 0 Å². The quantitative estimate of drug-likeness (QED) is 0.703. The van der Waals surface area contributed by atoms with E-state index in [0.717, 1.165) is 5.69 Å². The second kappa shape index (κ2) is 4.31. The lowest BCUT2D eigenvalue weighted by Gasteiger charge is -2.14. The maximum atomic E-state index is 5.76. The van der Waals surface area contributed by atoms with E-state index in [-0.39, 0.29) is 0 Å². The molecule has 0 aliphatic rings. The van der Waals surface area contributed by atoms with Crippen LogP contribution < -0.4 is 5.73 Å². The highest BCUT2D eigenvalue weighted by molar-refractivity contribution is 5.45. The summed E-state index contributed by atoms with van der Waals surface area (Å²) in [6, 6.07) is 6.18. The van der Waals surface area contributed by atoms with Crippen LogP contribution >= 0.6 is 0 Å². The van der Waals surface area contributed by atoms with E-state index >= 15 is 0 Å². The maximum absolute atomic E-state index is 5.76. The highest BCUT2D eigenvalue weighted by Crippen LogP contribution is 2.25. The number of anilines is 1. The van der Waals surface area contributed by atoms with Crippen LogP contribution in [0.15, 0.2) is 18.2 Å². The van der Waals surface area contributed by atoms with Crippen LogP contribution in [-0.2, 0) is 0 Å². The van der Waals surface area contributed by atoms with Crippen LogP contribution in [0.4, 0.5) is 5.69 Å². The Balaban J connectivity index is 2.91. The molecule has 0 fully saturated rings. The highest BCUT2D eigenvalue weighted by atomic mass is 14.5. The maximum Gasteiger partial charge on any atom is 0.0317 e. The summed E-state index contributed by atoms with van der Waals surface area (Å²) in [6.07, 6.45) is 2.47. The van der Waals surface area contributed by atoms with Crippen molar-refractivity contribution in [3.63, 3.8) is 0 Å². The van der Waals surface area contributed by atoms with Crippen LogP contribution in [0, 0.1) is 6.92 Å². The van der Waals surface area contributed by atoms with Gasteiger partial charge in [0.2, 0.25) is 0 Å². The van der Waals surface area contributed by atoms with Crippen molar-refractivity contribution in [3.05, 3.63) is 29.3 Å². The van der Waals surface area contributed by atoms with Gasteiger partial charge in [0, 0.05) is 5.69 Å². The Kier molecular flexibility index (Phi) is 3.35. The van der Waals surface area contributed by atoms with Crippen molar-refractivity contribution in [1.29, 1.82) is 0 Å². The molecular formula is C12H19N. The summed E-state index contributed by atoms with van der Waals surface area (Å²) in [5, 5.41) is 0. The second-order valence-corrected chi connectivity index (χ2v) is 3.81. The van der Waals surface area contributed by atoms with Crippen LogP contribution in [0.5, 0.6) is 0 Å². The Bertz CT molecular complexity index is 278. The first-order valence-electron chi connectivity index (χ1n) is 5.01. The highest BCUT2D eigenvalue weighted by Gasteiger charge is 2.07. The Morgan fingerprint density at radius 1 is 1.38 bits per heavy atom. The summed E-state index contributed by atoms with van der Waals surface area (Å²) in [6.45, 7) is 6.64. The molecule has 1 atom stereocenters. The van der Waals surface area contributed by atoms with Gasteiger partial charge in [0.1, 0.15) is 0 Å². The van der Waals surface area contributed by atoms with E-state index in [9.17, 15) is 0 Å². The van der Waals surface area contributed by atoms with E-state index in [1.807, 2.05) is 6.07 Å². The predicted molar refractivity (Wildman–Crippen MR) is 58.9 cm³/mol. The largest absolute Gasteiger partial charge is 0.399 e. The molecule has 72 valence electrons. The second-order valence-electron chi connectivity index (χ2n) is 3.81. The van der Waals surface area contributed by atoms with E-state index in [4.69, 9.17) is 5.73 Å². The Morgan fingerprint density at radius 3 is 2.69 bits per heavy atom. The molecule has 0 aliphatic heterocycles. The number of nitrogen functional groups attached to an aromatic ring is 1. The van der Waals surface area contributed by atoms with Gasteiger partial charge in [-0.25, -0.2) is 0 Å². The van der Waals surface area contributed by atoms with Gasteiger partial charge in [0.25, 0.3) is 0 Å².